The first kappa shape index (κ1) is 10.5. The van der Waals surface area contributed by atoms with Crippen LogP contribution in [0.4, 0.5) is 0 Å². The summed E-state index contributed by atoms with van der Waals surface area (Å²) in [5.74, 6) is 0. The molecule has 4 nitrogen and oxygen atoms in total. The van der Waals surface area contributed by atoms with Crippen molar-refractivity contribution < 1.29 is 12.8 Å². The smallest absolute Gasteiger partial charge is 0.223 e. The van der Waals surface area contributed by atoms with Crippen molar-refractivity contribution >= 4 is 26.1 Å². The van der Waals surface area contributed by atoms with E-state index in [2.05, 4.69) is 4.98 Å². The number of fused-ring (bicyclic) bond motifs is 1. The van der Waals surface area contributed by atoms with Crippen LogP contribution >= 0.6 is 11.3 Å². The van der Waals surface area contributed by atoms with Crippen LogP contribution in [-0.4, -0.2) is 19.7 Å². The van der Waals surface area contributed by atoms with E-state index < -0.39 is 9.84 Å². The Labute approximate surface area is 92.1 Å². The van der Waals surface area contributed by atoms with Crippen LogP contribution in [0.25, 0.3) is 4.96 Å². The highest BCUT2D eigenvalue weighted by molar-refractivity contribution is 7.92. The monoisotopic (exact) mass is 243 g/mol. The van der Waals surface area contributed by atoms with E-state index in [0.29, 0.717) is 9.17 Å². The summed E-state index contributed by atoms with van der Waals surface area (Å²) in [6.07, 6.45) is 2.83. The molecule has 0 atom stereocenters. The van der Waals surface area contributed by atoms with Gasteiger partial charge in [0.15, 0.2) is 19.7 Å². The fraction of sp³-hybridized carbons (Fsp3) is 0.333. The second-order valence-electron chi connectivity index (χ2n) is 3.51. The Balaban J connectivity index is 2.82. The summed E-state index contributed by atoms with van der Waals surface area (Å²) >= 11 is 1.20. The molecule has 0 N–H and O–H groups in total. The summed E-state index contributed by atoms with van der Waals surface area (Å²) in [6, 6.07) is 1.92. The fourth-order valence-electron chi connectivity index (χ4n) is 1.38. The van der Waals surface area contributed by atoms with Gasteiger partial charge in [0.25, 0.3) is 0 Å². The van der Waals surface area contributed by atoms with Crippen LogP contribution < -0.4 is 4.40 Å². The molecule has 0 fully saturated rings. The maximum atomic E-state index is 11.4. The van der Waals surface area contributed by atoms with Gasteiger partial charge in [-0.2, -0.15) is 4.40 Å². The Morgan fingerprint density at radius 1 is 1.40 bits per heavy atom. The quantitative estimate of drug-likeness (QED) is 0.699. The summed E-state index contributed by atoms with van der Waals surface area (Å²) in [7, 11) is -3.14. The molecule has 0 saturated heterocycles. The Morgan fingerprint density at radius 2 is 2.07 bits per heavy atom. The van der Waals surface area contributed by atoms with Crippen molar-refractivity contribution in [3.8, 4) is 0 Å². The van der Waals surface area contributed by atoms with Crippen molar-refractivity contribution in [1.29, 1.82) is 0 Å². The molecule has 0 radical (unpaired) electrons. The van der Waals surface area contributed by atoms with Crippen molar-refractivity contribution in [2.75, 3.05) is 6.26 Å². The predicted molar refractivity (Wildman–Crippen MR) is 57.9 cm³/mol. The second-order valence-corrected chi connectivity index (χ2v) is 6.77. The maximum absolute atomic E-state index is 11.4. The van der Waals surface area contributed by atoms with Crippen LogP contribution in [0.15, 0.2) is 16.5 Å². The molecule has 2 rings (SSSR count). The Hall–Kier alpha value is -1.01. The highest BCUT2D eigenvalue weighted by atomic mass is 32.2. The molecule has 2 aromatic heterocycles. The average molecular weight is 243 g/mol. The SMILES string of the molecule is Cc1cc(C)[n+]2cc(S(C)(=O)=O)sc2n1. The lowest BCUT2D eigenvalue weighted by atomic mass is 10.3. The highest BCUT2D eigenvalue weighted by Gasteiger charge is 2.19. The molecule has 80 valence electrons. The van der Waals surface area contributed by atoms with Crippen molar-refractivity contribution in [3.05, 3.63) is 23.7 Å². The van der Waals surface area contributed by atoms with E-state index in [1.165, 1.54) is 17.6 Å². The van der Waals surface area contributed by atoms with Crippen molar-refractivity contribution in [2.24, 2.45) is 0 Å². The molecule has 0 aliphatic carbocycles. The maximum Gasteiger partial charge on any atom is 0.388 e. The summed E-state index contributed by atoms with van der Waals surface area (Å²) < 4.78 is 24.9. The van der Waals surface area contributed by atoms with Gasteiger partial charge >= 0.3 is 4.96 Å². The van der Waals surface area contributed by atoms with E-state index in [9.17, 15) is 8.42 Å². The number of thiazole rings is 1. The third-order valence-electron chi connectivity index (χ3n) is 2.07. The minimum Gasteiger partial charge on any atom is -0.223 e. The van der Waals surface area contributed by atoms with Crippen LogP contribution in [-0.2, 0) is 9.84 Å². The van der Waals surface area contributed by atoms with Crippen molar-refractivity contribution in [3.63, 3.8) is 0 Å². The molecule has 2 heterocycles. The largest absolute Gasteiger partial charge is 0.388 e. The minimum atomic E-state index is -3.14. The molecule has 0 amide bonds. The number of hydrogen-bond donors (Lipinski definition) is 0. The van der Waals surface area contributed by atoms with Crippen LogP contribution in [0.5, 0.6) is 0 Å². The molecule has 0 aromatic carbocycles. The number of aromatic nitrogens is 2. The van der Waals surface area contributed by atoms with E-state index in [-0.39, 0.29) is 0 Å². The third-order valence-corrected chi connectivity index (χ3v) is 4.84. The van der Waals surface area contributed by atoms with Crippen molar-refractivity contribution in [2.45, 2.75) is 18.1 Å². The third kappa shape index (κ3) is 1.87. The van der Waals surface area contributed by atoms with Crippen LogP contribution in [0.1, 0.15) is 11.4 Å². The molecule has 0 unspecified atom stereocenters. The van der Waals surface area contributed by atoms with E-state index >= 15 is 0 Å². The number of hydrogen-bond acceptors (Lipinski definition) is 4. The van der Waals surface area contributed by atoms with Gasteiger partial charge in [-0.1, -0.05) is 0 Å². The zero-order valence-corrected chi connectivity index (χ0v) is 10.3. The standard InChI is InChI=1S/C9H11N2O2S2/c1-6-4-7(2)11-5-8(15(3,12)13)14-9(11)10-6/h4-5H,1-3H3/q+1. The number of nitrogens with zero attached hydrogens (tertiary/aromatic N) is 2. The molecule has 15 heavy (non-hydrogen) atoms. The van der Waals surface area contributed by atoms with Gasteiger partial charge in [-0.05, 0) is 23.2 Å². The van der Waals surface area contributed by atoms with E-state index in [4.69, 9.17) is 0 Å². The second kappa shape index (κ2) is 3.24. The zero-order valence-electron chi connectivity index (χ0n) is 8.68. The molecule has 0 aliphatic rings. The molecule has 6 heteroatoms. The molecular weight excluding hydrogens is 232 g/mol. The highest BCUT2D eigenvalue weighted by Crippen LogP contribution is 2.17. The number of aryl methyl sites for hydroxylation is 2. The van der Waals surface area contributed by atoms with Gasteiger partial charge < -0.3 is 0 Å². The summed E-state index contributed by atoms with van der Waals surface area (Å²) in [6.45, 7) is 3.83. The molecule has 0 bridgehead atoms. The summed E-state index contributed by atoms with van der Waals surface area (Å²) in [5, 5.41) is 0. The number of sulfone groups is 1. The van der Waals surface area contributed by atoms with Gasteiger partial charge in [0.05, 0.1) is 0 Å². The van der Waals surface area contributed by atoms with Gasteiger partial charge in [0, 0.05) is 19.2 Å². The van der Waals surface area contributed by atoms with Gasteiger partial charge in [-0.15, -0.1) is 0 Å². The van der Waals surface area contributed by atoms with Gasteiger partial charge in [0.1, 0.15) is 11.9 Å². The van der Waals surface area contributed by atoms with E-state index in [1.54, 1.807) is 10.6 Å². The first-order valence-corrected chi connectivity index (χ1v) is 7.08. The normalized spacial score (nSPS) is 12.2. The molecule has 0 spiro atoms. The molecule has 0 aliphatic heterocycles. The van der Waals surface area contributed by atoms with Gasteiger partial charge in [-0.25, -0.2) is 8.42 Å². The van der Waals surface area contributed by atoms with Crippen LogP contribution in [0, 0.1) is 13.8 Å². The lowest BCUT2D eigenvalue weighted by molar-refractivity contribution is -0.519. The van der Waals surface area contributed by atoms with Crippen LogP contribution in [0.2, 0.25) is 0 Å². The Morgan fingerprint density at radius 3 is 2.67 bits per heavy atom. The van der Waals surface area contributed by atoms with Gasteiger partial charge in [0.2, 0.25) is 0 Å². The fourth-order valence-corrected chi connectivity index (χ4v) is 3.33. The lowest BCUT2D eigenvalue weighted by Gasteiger charge is -1.89. The first-order valence-electron chi connectivity index (χ1n) is 4.37. The summed E-state index contributed by atoms with van der Waals surface area (Å²) in [4.78, 5) is 5.00. The molecule has 2 aromatic rings. The van der Waals surface area contributed by atoms with Crippen LogP contribution in [0.3, 0.4) is 0 Å². The number of rotatable bonds is 1. The predicted octanol–water partition coefficient (Wildman–Crippen LogP) is 0.902. The van der Waals surface area contributed by atoms with E-state index in [1.807, 2.05) is 19.9 Å². The minimum absolute atomic E-state index is 0.351. The molecule has 0 saturated carbocycles. The van der Waals surface area contributed by atoms with E-state index in [0.717, 1.165) is 11.4 Å². The summed E-state index contributed by atoms with van der Waals surface area (Å²) in [5.41, 5.74) is 1.89. The Kier molecular flexibility index (Phi) is 2.27. The Bertz CT molecular complexity index is 629. The zero-order chi connectivity index (χ0) is 11.2. The molecular formula is C9H11N2O2S2+. The van der Waals surface area contributed by atoms with Crippen molar-refractivity contribution in [1.82, 2.24) is 4.98 Å². The topological polar surface area (TPSA) is 51.1 Å². The first-order chi connectivity index (χ1) is 6.88. The average Bonchev–Trinajstić information content (AvgIpc) is 2.46. The van der Waals surface area contributed by atoms with Gasteiger partial charge in [-0.3, -0.25) is 0 Å². The lowest BCUT2D eigenvalue weighted by Crippen LogP contribution is -2.23.